The Morgan fingerprint density at radius 1 is 1.48 bits per heavy atom. The summed E-state index contributed by atoms with van der Waals surface area (Å²) in [6, 6.07) is 3.54. The molecule has 1 amide bonds. The lowest BCUT2D eigenvalue weighted by Gasteiger charge is -2.32. The van der Waals surface area contributed by atoms with Crippen LogP contribution in [0.4, 0.5) is 0 Å². The van der Waals surface area contributed by atoms with Crippen molar-refractivity contribution >= 4 is 5.91 Å². The maximum absolute atomic E-state index is 12.5. The van der Waals surface area contributed by atoms with Gasteiger partial charge in [-0.1, -0.05) is 5.16 Å². The molecule has 2 aromatic heterocycles. The van der Waals surface area contributed by atoms with Gasteiger partial charge in [-0.15, -0.1) is 0 Å². The zero-order chi connectivity index (χ0) is 17.5. The van der Waals surface area contributed by atoms with Gasteiger partial charge in [0.05, 0.1) is 18.3 Å². The third kappa shape index (κ3) is 4.83. The summed E-state index contributed by atoms with van der Waals surface area (Å²) >= 11 is 0. The summed E-state index contributed by atoms with van der Waals surface area (Å²) in [6.07, 6.45) is 5.62. The van der Waals surface area contributed by atoms with Crippen LogP contribution in [0.1, 0.15) is 34.9 Å². The fourth-order valence-electron chi connectivity index (χ4n) is 2.76. The average Bonchev–Trinajstić information content (AvgIpc) is 3.13. The molecule has 0 spiro atoms. The number of hydrogen-bond acceptors (Lipinski definition) is 7. The maximum Gasteiger partial charge on any atom is 0.255 e. The summed E-state index contributed by atoms with van der Waals surface area (Å²) in [7, 11) is 1.63. The minimum atomic E-state index is -0.0382. The number of aromatic nitrogens is 3. The van der Waals surface area contributed by atoms with E-state index in [1.807, 2.05) is 4.90 Å². The van der Waals surface area contributed by atoms with Gasteiger partial charge in [-0.05, 0) is 25.0 Å². The lowest BCUT2D eigenvalue weighted by atomic mass is 10.1. The van der Waals surface area contributed by atoms with Crippen molar-refractivity contribution < 1.29 is 18.8 Å². The van der Waals surface area contributed by atoms with E-state index in [-0.39, 0.29) is 18.6 Å². The highest BCUT2D eigenvalue weighted by atomic mass is 16.5. The Morgan fingerprint density at radius 3 is 3.20 bits per heavy atom. The van der Waals surface area contributed by atoms with Crippen LogP contribution in [-0.4, -0.2) is 58.8 Å². The molecule has 8 heteroatoms. The number of pyridine rings is 1. The summed E-state index contributed by atoms with van der Waals surface area (Å²) in [6.45, 7) is 2.08. The molecule has 0 aliphatic carbocycles. The number of methoxy groups -OCH3 is 1. The molecule has 8 nitrogen and oxygen atoms in total. The fourth-order valence-corrected chi connectivity index (χ4v) is 2.76. The molecule has 1 fully saturated rings. The first kappa shape index (κ1) is 17.5. The van der Waals surface area contributed by atoms with E-state index < -0.39 is 0 Å². The minimum Gasteiger partial charge on any atom is -0.384 e. The molecule has 0 bridgehead atoms. The molecule has 0 N–H and O–H groups in total. The number of nitrogens with zero attached hydrogens (tertiary/aromatic N) is 4. The van der Waals surface area contributed by atoms with Gasteiger partial charge in [0, 0.05) is 39.0 Å². The molecular weight excluding hydrogens is 324 g/mol. The summed E-state index contributed by atoms with van der Waals surface area (Å²) < 4.78 is 16.0. The Morgan fingerprint density at radius 2 is 2.40 bits per heavy atom. The summed E-state index contributed by atoms with van der Waals surface area (Å²) in [5.74, 6) is 1.04. The van der Waals surface area contributed by atoms with Gasteiger partial charge < -0.3 is 18.9 Å². The second kappa shape index (κ2) is 8.68. The molecule has 1 saturated heterocycles. The topological polar surface area (TPSA) is 90.6 Å². The van der Waals surface area contributed by atoms with Crippen LogP contribution in [-0.2, 0) is 22.5 Å². The molecule has 0 unspecified atom stereocenters. The van der Waals surface area contributed by atoms with Gasteiger partial charge in [0.15, 0.2) is 5.82 Å². The molecule has 0 saturated carbocycles. The van der Waals surface area contributed by atoms with Crippen molar-refractivity contribution in [2.45, 2.75) is 32.0 Å². The van der Waals surface area contributed by atoms with Gasteiger partial charge in [0.2, 0.25) is 0 Å². The Labute approximate surface area is 146 Å². The maximum atomic E-state index is 12.5. The molecule has 3 heterocycles. The van der Waals surface area contributed by atoms with E-state index in [0.29, 0.717) is 36.9 Å². The van der Waals surface area contributed by atoms with Crippen LogP contribution < -0.4 is 0 Å². The highest BCUT2D eigenvalue weighted by molar-refractivity contribution is 5.93. The van der Waals surface area contributed by atoms with Crippen LogP contribution in [0.3, 0.4) is 0 Å². The minimum absolute atomic E-state index is 0.0129. The Hall–Kier alpha value is -2.32. The third-order valence-electron chi connectivity index (χ3n) is 4.06. The van der Waals surface area contributed by atoms with Crippen LogP contribution in [0.15, 0.2) is 29.0 Å². The molecule has 3 rings (SSSR count). The third-order valence-corrected chi connectivity index (χ3v) is 4.06. The zero-order valence-corrected chi connectivity index (χ0v) is 14.3. The molecule has 2 aromatic rings. The van der Waals surface area contributed by atoms with Gasteiger partial charge in [-0.25, -0.2) is 0 Å². The number of likely N-dealkylation sites (tertiary alicyclic amines) is 1. The standard InChI is InChI=1S/C17H22N4O4/c1-23-9-6-15-19-16(25-20-15)12-24-14-5-3-8-21(11-14)17(22)13-4-2-7-18-10-13/h2,4,7,10,14H,3,5-6,8-9,11-12H2,1H3/t14-/m1/s1. The second-order valence-corrected chi connectivity index (χ2v) is 5.92. The first-order chi connectivity index (χ1) is 12.3. The normalized spacial score (nSPS) is 17.6. The molecule has 25 heavy (non-hydrogen) atoms. The van der Waals surface area contributed by atoms with Gasteiger partial charge in [-0.2, -0.15) is 4.98 Å². The second-order valence-electron chi connectivity index (χ2n) is 5.92. The summed E-state index contributed by atoms with van der Waals surface area (Å²) in [4.78, 5) is 22.6. The first-order valence-electron chi connectivity index (χ1n) is 8.37. The molecule has 134 valence electrons. The van der Waals surface area contributed by atoms with Crippen molar-refractivity contribution in [2.75, 3.05) is 26.8 Å². The van der Waals surface area contributed by atoms with E-state index in [1.165, 1.54) is 0 Å². The molecular formula is C17H22N4O4. The zero-order valence-electron chi connectivity index (χ0n) is 14.3. The van der Waals surface area contributed by atoms with Crippen molar-refractivity contribution in [2.24, 2.45) is 0 Å². The predicted molar refractivity (Wildman–Crippen MR) is 87.8 cm³/mol. The highest BCUT2D eigenvalue weighted by Gasteiger charge is 2.25. The SMILES string of the molecule is COCCc1noc(CO[C@@H]2CCCN(C(=O)c3cccnc3)C2)n1. The summed E-state index contributed by atoms with van der Waals surface area (Å²) in [5.41, 5.74) is 0.600. The van der Waals surface area contributed by atoms with Crippen molar-refractivity contribution in [3.05, 3.63) is 41.8 Å². The largest absolute Gasteiger partial charge is 0.384 e. The molecule has 1 aliphatic rings. The number of amides is 1. The van der Waals surface area contributed by atoms with Crippen LogP contribution in [0.5, 0.6) is 0 Å². The van der Waals surface area contributed by atoms with Crippen LogP contribution in [0.2, 0.25) is 0 Å². The van der Waals surface area contributed by atoms with E-state index in [2.05, 4.69) is 15.1 Å². The van der Waals surface area contributed by atoms with Crippen molar-refractivity contribution in [1.29, 1.82) is 0 Å². The molecule has 1 atom stereocenters. The predicted octanol–water partition coefficient (Wildman–Crippen LogP) is 1.47. The van der Waals surface area contributed by atoms with Gasteiger partial charge in [0.1, 0.15) is 6.61 Å². The number of carbonyl (C=O) groups excluding carboxylic acids is 1. The lowest BCUT2D eigenvalue weighted by molar-refractivity contribution is -0.0153. The van der Waals surface area contributed by atoms with E-state index in [9.17, 15) is 4.79 Å². The van der Waals surface area contributed by atoms with E-state index in [1.54, 1.807) is 31.6 Å². The van der Waals surface area contributed by atoms with Gasteiger partial charge in [-0.3, -0.25) is 9.78 Å². The number of piperidine rings is 1. The van der Waals surface area contributed by atoms with Crippen molar-refractivity contribution in [3.63, 3.8) is 0 Å². The lowest BCUT2D eigenvalue weighted by Crippen LogP contribution is -2.43. The number of ether oxygens (including phenoxy) is 2. The molecule has 0 aromatic carbocycles. The monoisotopic (exact) mass is 346 g/mol. The summed E-state index contributed by atoms with van der Waals surface area (Å²) in [5, 5.41) is 3.88. The van der Waals surface area contributed by atoms with E-state index in [4.69, 9.17) is 14.0 Å². The van der Waals surface area contributed by atoms with Crippen LogP contribution in [0, 0.1) is 0 Å². The van der Waals surface area contributed by atoms with E-state index in [0.717, 1.165) is 19.4 Å². The van der Waals surface area contributed by atoms with Gasteiger partial charge in [0.25, 0.3) is 11.8 Å². The first-order valence-corrected chi connectivity index (χ1v) is 8.37. The fraction of sp³-hybridized carbons (Fsp3) is 0.529. The molecule has 0 radical (unpaired) electrons. The Bertz CT molecular complexity index is 676. The number of carbonyl (C=O) groups is 1. The molecule has 1 aliphatic heterocycles. The van der Waals surface area contributed by atoms with Gasteiger partial charge >= 0.3 is 0 Å². The number of rotatable bonds is 7. The van der Waals surface area contributed by atoms with Crippen molar-refractivity contribution in [3.8, 4) is 0 Å². The Balaban J connectivity index is 1.50. The Kier molecular flexibility index (Phi) is 6.08. The average molecular weight is 346 g/mol. The highest BCUT2D eigenvalue weighted by Crippen LogP contribution is 2.17. The van der Waals surface area contributed by atoms with Crippen LogP contribution in [0.25, 0.3) is 0 Å². The van der Waals surface area contributed by atoms with Crippen LogP contribution >= 0.6 is 0 Å². The quantitative estimate of drug-likeness (QED) is 0.750. The number of hydrogen-bond donors (Lipinski definition) is 0. The van der Waals surface area contributed by atoms with Crippen molar-refractivity contribution in [1.82, 2.24) is 20.0 Å². The smallest absolute Gasteiger partial charge is 0.255 e. The van der Waals surface area contributed by atoms with E-state index >= 15 is 0 Å².